The predicted octanol–water partition coefficient (Wildman–Crippen LogP) is 3.68. The van der Waals surface area contributed by atoms with Gasteiger partial charge in [-0.25, -0.2) is 0 Å². The molecule has 1 unspecified atom stereocenters. The van der Waals surface area contributed by atoms with Gasteiger partial charge < -0.3 is 0 Å². The summed E-state index contributed by atoms with van der Waals surface area (Å²) in [6, 6.07) is 0. The molecule has 0 N–H and O–H groups in total. The van der Waals surface area contributed by atoms with E-state index in [-0.39, 0.29) is 0 Å². The van der Waals surface area contributed by atoms with Crippen molar-refractivity contribution < 1.29 is 0 Å². The lowest BCUT2D eigenvalue weighted by Gasteiger charge is -2.16. The largest absolute Gasteiger partial charge is 0.0993 e. The molecule has 1 radical (unpaired) electrons. The Bertz CT molecular complexity index is 218. The molecule has 0 fully saturated rings. The van der Waals surface area contributed by atoms with Crippen LogP contribution in [0.1, 0.15) is 26.7 Å². The van der Waals surface area contributed by atoms with E-state index in [1.54, 1.807) is 0 Å². The van der Waals surface area contributed by atoms with Gasteiger partial charge in [-0.2, -0.15) is 0 Å². The SMILES string of the molecule is C=C(CC)C1[CH]C=C(CC)C=C1. The third-order valence-electron chi connectivity index (χ3n) is 2.37. The van der Waals surface area contributed by atoms with Crippen LogP contribution >= 0.6 is 0 Å². The second kappa shape index (κ2) is 4.30. The fourth-order valence-electron chi connectivity index (χ4n) is 1.32. The third kappa shape index (κ3) is 2.10. The molecule has 0 aromatic rings. The summed E-state index contributed by atoms with van der Waals surface area (Å²) in [5.74, 6) is 0.477. The van der Waals surface area contributed by atoms with Crippen molar-refractivity contribution in [3.05, 3.63) is 42.4 Å². The molecule has 1 rings (SSSR count). The van der Waals surface area contributed by atoms with Crippen LogP contribution in [0.15, 0.2) is 36.0 Å². The van der Waals surface area contributed by atoms with Gasteiger partial charge in [0.25, 0.3) is 0 Å². The highest BCUT2D eigenvalue weighted by Gasteiger charge is 2.09. The Morgan fingerprint density at radius 3 is 2.67 bits per heavy atom. The van der Waals surface area contributed by atoms with Gasteiger partial charge in [-0.15, -0.1) is 0 Å². The second-order valence-electron chi connectivity index (χ2n) is 3.18. The lowest BCUT2D eigenvalue weighted by molar-refractivity contribution is 0.841. The van der Waals surface area contributed by atoms with Gasteiger partial charge in [0.15, 0.2) is 0 Å². The summed E-state index contributed by atoms with van der Waals surface area (Å²) in [6.45, 7) is 8.37. The van der Waals surface area contributed by atoms with E-state index in [0.717, 1.165) is 12.8 Å². The highest BCUT2D eigenvalue weighted by atomic mass is 14.1. The van der Waals surface area contributed by atoms with E-state index in [2.05, 4.69) is 45.1 Å². The smallest absolute Gasteiger partial charge is 0.00462 e. The maximum absolute atomic E-state index is 4.04. The zero-order chi connectivity index (χ0) is 8.97. The van der Waals surface area contributed by atoms with Crippen LogP contribution in [0.4, 0.5) is 0 Å². The van der Waals surface area contributed by atoms with Gasteiger partial charge in [0.1, 0.15) is 0 Å². The van der Waals surface area contributed by atoms with E-state index in [4.69, 9.17) is 0 Å². The zero-order valence-corrected chi connectivity index (χ0v) is 8.01. The molecule has 0 spiro atoms. The molecule has 0 aliphatic heterocycles. The Balaban J connectivity index is 2.53. The van der Waals surface area contributed by atoms with Crippen molar-refractivity contribution in [1.82, 2.24) is 0 Å². The topological polar surface area (TPSA) is 0 Å². The van der Waals surface area contributed by atoms with Crippen LogP contribution in [-0.2, 0) is 0 Å². The Morgan fingerprint density at radius 2 is 2.25 bits per heavy atom. The summed E-state index contributed by atoms with van der Waals surface area (Å²) in [7, 11) is 0. The first-order valence-corrected chi connectivity index (χ1v) is 4.67. The highest BCUT2D eigenvalue weighted by Crippen LogP contribution is 2.24. The zero-order valence-electron chi connectivity index (χ0n) is 8.01. The van der Waals surface area contributed by atoms with E-state index >= 15 is 0 Å². The van der Waals surface area contributed by atoms with Crippen LogP contribution in [0.3, 0.4) is 0 Å². The van der Waals surface area contributed by atoms with Crippen LogP contribution in [0, 0.1) is 12.3 Å². The molecular formula is C12H17. The van der Waals surface area contributed by atoms with Crippen molar-refractivity contribution in [2.45, 2.75) is 26.7 Å². The molecule has 0 saturated heterocycles. The highest BCUT2D eigenvalue weighted by molar-refractivity contribution is 5.33. The van der Waals surface area contributed by atoms with Gasteiger partial charge in [-0.05, 0) is 19.3 Å². The van der Waals surface area contributed by atoms with Crippen LogP contribution in [0.5, 0.6) is 0 Å². The summed E-state index contributed by atoms with van der Waals surface area (Å²) in [6.07, 6.45) is 11.1. The average molecular weight is 161 g/mol. The summed E-state index contributed by atoms with van der Waals surface area (Å²) in [5.41, 5.74) is 2.72. The van der Waals surface area contributed by atoms with E-state index in [1.165, 1.54) is 11.1 Å². The fraction of sp³-hybridized carbons (Fsp3) is 0.417. The van der Waals surface area contributed by atoms with Crippen LogP contribution in [0.25, 0.3) is 0 Å². The first-order valence-electron chi connectivity index (χ1n) is 4.67. The van der Waals surface area contributed by atoms with Crippen LogP contribution in [0.2, 0.25) is 0 Å². The minimum absolute atomic E-state index is 0.477. The maximum atomic E-state index is 4.04. The summed E-state index contributed by atoms with van der Waals surface area (Å²) in [4.78, 5) is 0. The Kier molecular flexibility index (Phi) is 3.33. The van der Waals surface area contributed by atoms with E-state index < -0.39 is 0 Å². The van der Waals surface area contributed by atoms with Crippen molar-refractivity contribution in [2.75, 3.05) is 0 Å². The Labute approximate surface area is 75.7 Å². The van der Waals surface area contributed by atoms with Crippen LogP contribution < -0.4 is 0 Å². The molecule has 65 valence electrons. The minimum atomic E-state index is 0.477. The monoisotopic (exact) mass is 161 g/mol. The molecule has 0 heterocycles. The Morgan fingerprint density at radius 1 is 1.50 bits per heavy atom. The fourth-order valence-corrected chi connectivity index (χ4v) is 1.32. The van der Waals surface area contributed by atoms with E-state index in [0.29, 0.717) is 5.92 Å². The van der Waals surface area contributed by atoms with Crippen LogP contribution in [-0.4, -0.2) is 0 Å². The number of hydrogen-bond donors (Lipinski definition) is 0. The summed E-state index contributed by atoms with van der Waals surface area (Å²) < 4.78 is 0. The maximum Gasteiger partial charge on any atom is 0.00462 e. The van der Waals surface area contributed by atoms with Crippen molar-refractivity contribution in [2.24, 2.45) is 5.92 Å². The molecule has 0 aromatic carbocycles. The first-order chi connectivity index (χ1) is 5.77. The molecular weight excluding hydrogens is 144 g/mol. The lowest BCUT2D eigenvalue weighted by Crippen LogP contribution is -2.02. The molecule has 0 bridgehead atoms. The molecule has 1 atom stereocenters. The second-order valence-corrected chi connectivity index (χ2v) is 3.18. The summed E-state index contributed by atoms with van der Waals surface area (Å²) >= 11 is 0. The number of rotatable bonds is 3. The Hall–Kier alpha value is -0.780. The van der Waals surface area contributed by atoms with Crippen molar-refractivity contribution in [1.29, 1.82) is 0 Å². The van der Waals surface area contributed by atoms with Gasteiger partial charge in [-0.3, -0.25) is 0 Å². The number of allylic oxidation sites excluding steroid dienone is 5. The quantitative estimate of drug-likeness (QED) is 0.554. The normalized spacial score (nSPS) is 22.2. The molecule has 1 aliphatic rings. The first kappa shape index (κ1) is 9.31. The van der Waals surface area contributed by atoms with Gasteiger partial charge in [0.05, 0.1) is 0 Å². The van der Waals surface area contributed by atoms with E-state index in [9.17, 15) is 0 Å². The van der Waals surface area contributed by atoms with Gasteiger partial charge >= 0.3 is 0 Å². The molecule has 1 aliphatic carbocycles. The summed E-state index contributed by atoms with van der Waals surface area (Å²) in [5, 5.41) is 0. The average Bonchev–Trinajstić information content (AvgIpc) is 2.17. The molecule has 0 heteroatoms. The molecule has 12 heavy (non-hydrogen) atoms. The van der Waals surface area contributed by atoms with Crippen molar-refractivity contribution >= 4 is 0 Å². The third-order valence-corrected chi connectivity index (χ3v) is 2.37. The lowest BCUT2D eigenvalue weighted by atomic mass is 9.89. The molecule has 0 nitrogen and oxygen atoms in total. The van der Waals surface area contributed by atoms with Crippen molar-refractivity contribution in [3.8, 4) is 0 Å². The van der Waals surface area contributed by atoms with Crippen molar-refractivity contribution in [3.63, 3.8) is 0 Å². The minimum Gasteiger partial charge on any atom is -0.0993 e. The van der Waals surface area contributed by atoms with Gasteiger partial charge in [-0.1, -0.05) is 49.8 Å². The number of hydrogen-bond acceptors (Lipinski definition) is 0. The predicted molar refractivity (Wildman–Crippen MR) is 54.7 cm³/mol. The van der Waals surface area contributed by atoms with Gasteiger partial charge in [0, 0.05) is 5.92 Å². The standard InChI is InChI=1S/C12H17/c1-4-10(3)12-8-6-11(5-2)7-9-12/h6-9,12H,3-5H2,1-2H3. The van der Waals surface area contributed by atoms with Gasteiger partial charge in [0.2, 0.25) is 0 Å². The molecule has 0 saturated carbocycles. The van der Waals surface area contributed by atoms with E-state index in [1.807, 2.05) is 0 Å². The molecule has 0 amide bonds. The molecule has 0 aromatic heterocycles.